The van der Waals surface area contributed by atoms with E-state index in [2.05, 4.69) is 15.6 Å². The lowest BCUT2D eigenvalue weighted by Crippen LogP contribution is -2.27. The first-order valence-corrected chi connectivity index (χ1v) is 8.41. The average molecular weight is 327 g/mol. The van der Waals surface area contributed by atoms with Gasteiger partial charge in [0.05, 0.1) is 6.04 Å². The summed E-state index contributed by atoms with van der Waals surface area (Å²) in [4.78, 5) is 16.7. The quantitative estimate of drug-likeness (QED) is 0.870. The molecule has 1 fully saturated rings. The van der Waals surface area contributed by atoms with Gasteiger partial charge in [-0.05, 0) is 49.6 Å². The van der Waals surface area contributed by atoms with Gasteiger partial charge >= 0.3 is 0 Å². The molecular weight excluding hydrogens is 305 g/mol. The first-order valence-electron chi connectivity index (χ1n) is 8.41. The highest BCUT2D eigenvalue weighted by Crippen LogP contribution is 2.22. The van der Waals surface area contributed by atoms with Crippen LogP contribution in [-0.2, 0) is 0 Å². The van der Waals surface area contributed by atoms with Gasteiger partial charge in [0, 0.05) is 17.8 Å². The van der Waals surface area contributed by atoms with Crippen molar-refractivity contribution in [2.75, 3.05) is 5.32 Å². The molecule has 126 valence electrons. The number of hydrogen-bond acceptors (Lipinski definition) is 3. The molecule has 24 heavy (non-hydrogen) atoms. The minimum Gasteiger partial charge on any atom is -0.367 e. The van der Waals surface area contributed by atoms with E-state index in [4.69, 9.17) is 0 Å². The van der Waals surface area contributed by atoms with E-state index in [0.29, 0.717) is 11.6 Å². The summed E-state index contributed by atoms with van der Waals surface area (Å²) in [7, 11) is 0. The van der Waals surface area contributed by atoms with E-state index in [9.17, 15) is 9.18 Å². The molecule has 0 radical (unpaired) electrons. The third-order valence-electron chi connectivity index (χ3n) is 4.43. The Labute approximate surface area is 141 Å². The van der Waals surface area contributed by atoms with Crippen LogP contribution in [0.2, 0.25) is 0 Å². The Morgan fingerprint density at radius 2 is 2.04 bits per heavy atom. The van der Waals surface area contributed by atoms with Gasteiger partial charge in [0.2, 0.25) is 0 Å². The van der Waals surface area contributed by atoms with Crippen LogP contribution in [0.3, 0.4) is 0 Å². The molecule has 0 bridgehead atoms. The molecule has 2 N–H and O–H groups in total. The summed E-state index contributed by atoms with van der Waals surface area (Å²) in [6, 6.07) is 9.90. The number of benzene rings is 1. The number of rotatable bonds is 5. The number of halogens is 1. The molecule has 1 saturated carbocycles. The van der Waals surface area contributed by atoms with Crippen LogP contribution >= 0.6 is 0 Å². The molecule has 4 nitrogen and oxygen atoms in total. The highest BCUT2D eigenvalue weighted by Gasteiger charge is 2.16. The Kier molecular flexibility index (Phi) is 5.08. The first kappa shape index (κ1) is 16.4. The predicted molar refractivity (Wildman–Crippen MR) is 92.4 cm³/mol. The smallest absolute Gasteiger partial charge is 0.251 e. The van der Waals surface area contributed by atoms with Crippen LogP contribution in [0, 0.1) is 5.82 Å². The molecule has 0 spiro atoms. The maximum atomic E-state index is 13.3. The fourth-order valence-electron chi connectivity index (χ4n) is 3.07. The number of amides is 1. The van der Waals surface area contributed by atoms with Crippen LogP contribution in [0.1, 0.15) is 54.6 Å². The summed E-state index contributed by atoms with van der Waals surface area (Å²) in [6.07, 6.45) is 6.41. The van der Waals surface area contributed by atoms with Crippen molar-refractivity contribution in [1.82, 2.24) is 10.3 Å². The number of nitrogens with one attached hydrogen (secondary N) is 2. The summed E-state index contributed by atoms with van der Waals surface area (Å²) in [5.74, 6) is 0.233. The molecular formula is C19H22FN3O. The van der Waals surface area contributed by atoms with Crippen molar-refractivity contribution in [3.63, 3.8) is 0 Å². The van der Waals surface area contributed by atoms with Crippen molar-refractivity contribution in [2.24, 2.45) is 0 Å². The number of carbonyl (C=O) groups is 1. The lowest BCUT2D eigenvalue weighted by atomic mass is 10.1. The normalized spacial score (nSPS) is 15.9. The SMILES string of the molecule is CC(NC(=O)c1ccnc(NC2CCCC2)c1)c1cccc(F)c1. The van der Waals surface area contributed by atoms with Crippen LogP contribution in [0.5, 0.6) is 0 Å². The van der Waals surface area contributed by atoms with E-state index < -0.39 is 0 Å². The number of aromatic nitrogens is 1. The second-order valence-electron chi connectivity index (χ2n) is 6.31. The fraction of sp³-hybridized carbons (Fsp3) is 0.368. The van der Waals surface area contributed by atoms with Crippen LogP contribution in [0.25, 0.3) is 0 Å². The van der Waals surface area contributed by atoms with E-state index in [1.165, 1.54) is 25.0 Å². The summed E-state index contributed by atoms with van der Waals surface area (Å²) in [5.41, 5.74) is 1.29. The minimum atomic E-state index is -0.305. The molecule has 1 heterocycles. The summed E-state index contributed by atoms with van der Waals surface area (Å²) in [5, 5.41) is 6.29. The molecule has 1 atom stereocenters. The van der Waals surface area contributed by atoms with Gasteiger partial charge in [-0.2, -0.15) is 0 Å². The van der Waals surface area contributed by atoms with Gasteiger partial charge in [-0.3, -0.25) is 4.79 Å². The van der Waals surface area contributed by atoms with E-state index in [-0.39, 0.29) is 17.8 Å². The Balaban J connectivity index is 1.66. The molecule has 1 aromatic carbocycles. The van der Waals surface area contributed by atoms with Gasteiger partial charge in [0.1, 0.15) is 11.6 Å². The number of hydrogen-bond donors (Lipinski definition) is 2. The Morgan fingerprint density at radius 1 is 1.25 bits per heavy atom. The lowest BCUT2D eigenvalue weighted by Gasteiger charge is -2.16. The van der Waals surface area contributed by atoms with Crippen molar-refractivity contribution >= 4 is 11.7 Å². The van der Waals surface area contributed by atoms with Crippen LogP contribution < -0.4 is 10.6 Å². The zero-order valence-electron chi connectivity index (χ0n) is 13.8. The maximum absolute atomic E-state index is 13.3. The van der Waals surface area contributed by atoms with Crippen molar-refractivity contribution in [3.05, 3.63) is 59.5 Å². The Bertz CT molecular complexity index is 713. The topological polar surface area (TPSA) is 54.0 Å². The van der Waals surface area contributed by atoms with E-state index in [0.717, 1.165) is 24.2 Å². The van der Waals surface area contributed by atoms with Gasteiger partial charge < -0.3 is 10.6 Å². The van der Waals surface area contributed by atoms with Crippen molar-refractivity contribution in [2.45, 2.75) is 44.7 Å². The van der Waals surface area contributed by atoms with E-state index in [1.54, 1.807) is 30.5 Å². The monoisotopic (exact) mass is 327 g/mol. The predicted octanol–water partition coefficient (Wildman–Crippen LogP) is 4.07. The van der Waals surface area contributed by atoms with Crippen LogP contribution in [0.4, 0.5) is 10.2 Å². The van der Waals surface area contributed by atoms with Crippen molar-refractivity contribution < 1.29 is 9.18 Å². The number of anilines is 1. The third-order valence-corrected chi connectivity index (χ3v) is 4.43. The Hall–Kier alpha value is -2.43. The third kappa shape index (κ3) is 4.10. The molecule has 0 saturated heterocycles. The fourth-order valence-corrected chi connectivity index (χ4v) is 3.07. The molecule has 5 heteroatoms. The maximum Gasteiger partial charge on any atom is 0.251 e. The van der Waals surface area contributed by atoms with Gasteiger partial charge in [0.15, 0.2) is 0 Å². The molecule has 2 aromatic rings. The second kappa shape index (κ2) is 7.43. The van der Waals surface area contributed by atoms with Crippen molar-refractivity contribution in [1.29, 1.82) is 0 Å². The number of carbonyl (C=O) groups excluding carboxylic acids is 1. The van der Waals surface area contributed by atoms with Gasteiger partial charge in [-0.25, -0.2) is 9.37 Å². The molecule has 1 amide bonds. The molecule has 3 rings (SSSR count). The lowest BCUT2D eigenvalue weighted by molar-refractivity contribution is 0.0939. The first-order chi connectivity index (χ1) is 11.6. The van der Waals surface area contributed by atoms with E-state index >= 15 is 0 Å². The van der Waals surface area contributed by atoms with Crippen molar-refractivity contribution in [3.8, 4) is 0 Å². The Morgan fingerprint density at radius 3 is 2.79 bits per heavy atom. The zero-order valence-corrected chi connectivity index (χ0v) is 13.8. The van der Waals surface area contributed by atoms with Crippen LogP contribution in [-0.4, -0.2) is 16.9 Å². The molecule has 1 aliphatic carbocycles. The summed E-state index contributed by atoms with van der Waals surface area (Å²) >= 11 is 0. The van der Waals surface area contributed by atoms with Gasteiger partial charge in [-0.15, -0.1) is 0 Å². The minimum absolute atomic E-state index is 0.191. The van der Waals surface area contributed by atoms with E-state index in [1.807, 2.05) is 6.92 Å². The van der Waals surface area contributed by atoms with Gasteiger partial charge in [0.25, 0.3) is 5.91 Å². The average Bonchev–Trinajstić information content (AvgIpc) is 3.08. The standard InChI is InChI=1S/C19H22FN3O/c1-13(14-5-4-6-16(20)11-14)22-19(24)15-9-10-21-18(12-15)23-17-7-2-3-8-17/h4-6,9-13,17H,2-3,7-8H2,1H3,(H,21,23)(H,22,24). The number of nitrogens with zero attached hydrogens (tertiary/aromatic N) is 1. The largest absolute Gasteiger partial charge is 0.367 e. The molecule has 1 aliphatic rings. The zero-order chi connectivity index (χ0) is 16.9. The van der Waals surface area contributed by atoms with Gasteiger partial charge in [-0.1, -0.05) is 25.0 Å². The highest BCUT2D eigenvalue weighted by molar-refractivity contribution is 5.95. The number of pyridine rings is 1. The second-order valence-corrected chi connectivity index (χ2v) is 6.31. The highest BCUT2D eigenvalue weighted by atomic mass is 19.1. The molecule has 1 unspecified atom stereocenters. The van der Waals surface area contributed by atoms with Crippen LogP contribution in [0.15, 0.2) is 42.6 Å². The summed E-state index contributed by atoms with van der Waals surface area (Å²) < 4.78 is 13.3. The molecule has 0 aliphatic heterocycles. The summed E-state index contributed by atoms with van der Waals surface area (Å²) in [6.45, 7) is 1.84. The molecule has 1 aromatic heterocycles.